The van der Waals surface area contributed by atoms with E-state index in [0.29, 0.717) is 11.8 Å². The van der Waals surface area contributed by atoms with E-state index in [2.05, 4.69) is 5.32 Å². The van der Waals surface area contributed by atoms with E-state index in [1.54, 1.807) is 0 Å². The Kier molecular flexibility index (Phi) is 4.49. The monoisotopic (exact) mass is 244 g/mol. The second kappa shape index (κ2) is 5.89. The summed E-state index contributed by atoms with van der Waals surface area (Å²) in [6, 6.07) is 0. The van der Waals surface area contributed by atoms with Gasteiger partial charge in [0, 0.05) is 18.3 Å². The first-order valence-corrected chi connectivity index (χ1v) is 7.09. The number of rotatable bonds is 4. The highest BCUT2D eigenvalue weighted by Crippen LogP contribution is 2.25. The van der Waals surface area contributed by atoms with Gasteiger partial charge < -0.3 is 15.8 Å². The second-order valence-corrected chi connectivity index (χ2v) is 5.85. The van der Waals surface area contributed by atoms with Crippen molar-refractivity contribution in [1.82, 2.24) is 5.32 Å². The fraction of sp³-hybridized carbons (Fsp3) is 0.909. The molecule has 2 aliphatic heterocycles. The molecule has 0 aliphatic carbocycles. The van der Waals surface area contributed by atoms with Crippen LogP contribution in [0.2, 0.25) is 0 Å². The van der Waals surface area contributed by atoms with Crippen LogP contribution in [0.15, 0.2) is 0 Å². The van der Waals surface area contributed by atoms with Crippen LogP contribution in [-0.2, 0) is 9.53 Å². The smallest absolute Gasteiger partial charge is 0.249 e. The predicted octanol–water partition coefficient (Wildman–Crippen LogP) is 0.504. The van der Waals surface area contributed by atoms with E-state index in [1.165, 1.54) is 18.6 Å². The SMILES string of the molecule is NC[C@H]1CC[C@@H](C(=O)NCC2CCCS2)O1. The molecule has 0 bridgehead atoms. The minimum atomic E-state index is -0.264. The van der Waals surface area contributed by atoms with Crippen molar-refractivity contribution in [1.29, 1.82) is 0 Å². The van der Waals surface area contributed by atoms with Crippen LogP contribution >= 0.6 is 11.8 Å². The zero-order valence-corrected chi connectivity index (χ0v) is 10.3. The lowest BCUT2D eigenvalue weighted by atomic mass is 10.2. The fourth-order valence-electron chi connectivity index (χ4n) is 2.21. The Morgan fingerprint density at radius 1 is 1.44 bits per heavy atom. The first-order valence-electron chi connectivity index (χ1n) is 6.04. The highest BCUT2D eigenvalue weighted by Gasteiger charge is 2.30. The molecule has 2 saturated heterocycles. The summed E-state index contributed by atoms with van der Waals surface area (Å²) in [7, 11) is 0. The standard InChI is InChI=1S/C11H20N2O2S/c12-6-8-3-4-10(15-8)11(14)13-7-9-2-1-5-16-9/h8-10H,1-7,12H2,(H,13,14)/t8-,9?,10+/m1/s1. The third-order valence-corrected chi connectivity index (χ3v) is 4.59. The molecule has 16 heavy (non-hydrogen) atoms. The number of thioether (sulfide) groups is 1. The van der Waals surface area contributed by atoms with E-state index in [4.69, 9.17) is 10.5 Å². The van der Waals surface area contributed by atoms with Crippen LogP contribution in [0.4, 0.5) is 0 Å². The highest BCUT2D eigenvalue weighted by atomic mass is 32.2. The van der Waals surface area contributed by atoms with Gasteiger partial charge in [0.05, 0.1) is 6.10 Å². The predicted molar refractivity (Wildman–Crippen MR) is 65.4 cm³/mol. The molecular weight excluding hydrogens is 224 g/mol. The Morgan fingerprint density at radius 3 is 2.94 bits per heavy atom. The van der Waals surface area contributed by atoms with Gasteiger partial charge in [0.15, 0.2) is 0 Å². The number of amides is 1. The van der Waals surface area contributed by atoms with E-state index in [1.807, 2.05) is 11.8 Å². The molecule has 0 aromatic rings. The Labute approximate surface area is 101 Å². The van der Waals surface area contributed by atoms with Crippen molar-refractivity contribution >= 4 is 17.7 Å². The van der Waals surface area contributed by atoms with Gasteiger partial charge in [0.1, 0.15) is 6.10 Å². The Morgan fingerprint density at radius 2 is 2.31 bits per heavy atom. The summed E-state index contributed by atoms with van der Waals surface area (Å²) in [4.78, 5) is 11.8. The molecule has 3 N–H and O–H groups in total. The van der Waals surface area contributed by atoms with Crippen molar-refractivity contribution in [2.24, 2.45) is 5.73 Å². The number of ether oxygens (including phenoxy) is 1. The number of hydrogen-bond donors (Lipinski definition) is 2. The summed E-state index contributed by atoms with van der Waals surface area (Å²) < 4.78 is 5.54. The molecule has 0 radical (unpaired) electrons. The summed E-state index contributed by atoms with van der Waals surface area (Å²) >= 11 is 1.96. The third kappa shape index (κ3) is 3.12. The third-order valence-electron chi connectivity index (χ3n) is 3.19. The van der Waals surface area contributed by atoms with Gasteiger partial charge in [-0.3, -0.25) is 4.79 Å². The van der Waals surface area contributed by atoms with Crippen LogP contribution in [0.25, 0.3) is 0 Å². The molecule has 4 nitrogen and oxygen atoms in total. The summed E-state index contributed by atoms with van der Waals surface area (Å²) in [6.45, 7) is 1.30. The first-order chi connectivity index (χ1) is 7.79. The lowest BCUT2D eigenvalue weighted by molar-refractivity contribution is -0.131. The molecule has 0 aromatic carbocycles. The molecule has 0 saturated carbocycles. The molecule has 5 heteroatoms. The Bertz CT molecular complexity index is 244. The van der Waals surface area contributed by atoms with Gasteiger partial charge in [-0.2, -0.15) is 11.8 Å². The summed E-state index contributed by atoms with van der Waals surface area (Å²) in [6.07, 6.45) is 4.04. The van der Waals surface area contributed by atoms with Crippen LogP contribution in [0, 0.1) is 0 Å². The second-order valence-electron chi connectivity index (χ2n) is 4.44. The van der Waals surface area contributed by atoms with Gasteiger partial charge >= 0.3 is 0 Å². The largest absolute Gasteiger partial charge is 0.364 e. The summed E-state index contributed by atoms with van der Waals surface area (Å²) in [5, 5.41) is 3.59. The van der Waals surface area contributed by atoms with Gasteiger partial charge in [-0.25, -0.2) is 0 Å². The number of nitrogens with two attached hydrogens (primary N) is 1. The first kappa shape index (κ1) is 12.2. The minimum absolute atomic E-state index is 0.0449. The topological polar surface area (TPSA) is 64.4 Å². The van der Waals surface area contributed by atoms with E-state index >= 15 is 0 Å². The van der Waals surface area contributed by atoms with Crippen LogP contribution in [-0.4, -0.2) is 42.2 Å². The zero-order chi connectivity index (χ0) is 11.4. The molecule has 1 amide bonds. The maximum absolute atomic E-state index is 11.8. The zero-order valence-electron chi connectivity index (χ0n) is 9.48. The van der Waals surface area contributed by atoms with Crippen molar-refractivity contribution in [3.8, 4) is 0 Å². The molecule has 2 rings (SSSR count). The van der Waals surface area contributed by atoms with Gasteiger partial charge in [-0.1, -0.05) is 0 Å². The lowest BCUT2D eigenvalue weighted by Gasteiger charge is -2.14. The maximum atomic E-state index is 11.8. The quantitative estimate of drug-likeness (QED) is 0.756. The molecule has 2 fully saturated rings. The van der Waals surface area contributed by atoms with Crippen LogP contribution in [0.5, 0.6) is 0 Å². The van der Waals surface area contributed by atoms with Crippen molar-refractivity contribution in [2.45, 2.75) is 43.1 Å². The van der Waals surface area contributed by atoms with Crippen molar-refractivity contribution in [2.75, 3.05) is 18.8 Å². The fourth-order valence-corrected chi connectivity index (χ4v) is 3.41. The van der Waals surface area contributed by atoms with Gasteiger partial charge in [0.25, 0.3) is 0 Å². The van der Waals surface area contributed by atoms with E-state index in [9.17, 15) is 4.79 Å². The van der Waals surface area contributed by atoms with Crippen LogP contribution in [0.3, 0.4) is 0 Å². The molecule has 1 unspecified atom stereocenters. The van der Waals surface area contributed by atoms with Gasteiger partial charge in [-0.15, -0.1) is 0 Å². The Balaban J connectivity index is 1.67. The average molecular weight is 244 g/mol. The minimum Gasteiger partial charge on any atom is -0.364 e. The van der Waals surface area contributed by atoms with E-state index in [0.717, 1.165) is 19.4 Å². The summed E-state index contributed by atoms with van der Waals surface area (Å²) in [5.41, 5.74) is 5.51. The average Bonchev–Trinajstić information content (AvgIpc) is 2.96. The molecule has 92 valence electrons. The van der Waals surface area contributed by atoms with Crippen LogP contribution < -0.4 is 11.1 Å². The number of nitrogens with one attached hydrogen (secondary N) is 1. The summed E-state index contributed by atoms with van der Waals surface area (Å²) in [5.74, 6) is 1.28. The van der Waals surface area contributed by atoms with Crippen molar-refractivity contribution < 1.29 is 9.53 Å². The van der Waals surface area contributed by atoms with Crippen LogP contribution in [0.1, 0.15) is 25.7 Å². The lowest BCUT2D eigenvalue weighted by Crippen LogP contribution is -2.38. The number of carbonyl (C=O) groups excluding carboxylic acids is 1. The highest BCUT2D eigenvalue weighted by molar-refractivity contribution is 8.00. The van der Waals surface area contributed by atoms with Gasteiger partial charge in [0.2, 0.25) is 5.91 Å². The molecular formula is C11H20N2O2S. The van der Waals surface area contributed by atoms with Crippen molar-refractivity contribution in [3.63, 3.8) is 0 Å². The molecule has 3 atom stereocenters. The van der Waals surface area contributed by atoms with E-state index in [-0.39, 0.29) is 18.1 Å². The number of hydrogen-bond acceptors (Lipinski definition) is 4. The van der Waals surface area contributed by atoms with Crippen molar-refractivity contribution in [3.05, 3.63) is 0 Å². The van der Waals surface area contributed by atoms with Gasteiger partial charge in [-0.05, 0) is 31.4 Å². The Hall–Kier alpha value is -0.260. The number of carbonyl (C=O) groups is 1. The molecule has 0 spiro atoms. The molecule has 2 heterocycles. The van der Waals surface area contributed by atoms with E-state index < -0.39 is 0 Å². The maximum Gasteiger partial charge on any atom is 0.249 e. The molecule has 0 aromatic heterocycles. The normalized spacial score (nSPS) is 34.2. The molecule has 2 aliphatic rings.